The van der Waals surface area contributed by atoms with Gasteiger partial charge >= 0.3 is 12.1 Å². The first-order valence-electron chi connectivity index (χ1n) is 6.22. The van der Waals surface area contributed by atoms with Crippen molar-refractivity contribution in [3.8, 4) is 0 Å². The Hall–Kier alpha value is -1.76. The summed E-state index contributed by atoms with van der Waals surface area (Å²) in [5.41, 5.74) is -1.34. The number of aromatic carboxylic acids is 1. The molecule has 1 fully saturated rings. The highest BCUT2D eigenvalue weighted by molar-refractivity contribution is 5.91. The Labute approximate surface area is 114 Å². The molecule has 1 heterocycles. The first-order chi connectivity index (χ1) is 9.32. The highest BCUT2D eigenvalue weighted by Gasteiger charge is 2.38. The number of hydrogen-bond acceptors (Lipinski definition) is 3. The van der Waals surface area contributed by atoms with Crippen molar-refractivity contribution in [2.45, 2.75) is 13.1 Å². The minimum atomic E-state index is -4.57. The third kappa shape index (κ3) is 2.72. The molecule has 1 aliphatic rings. The van der Waals surface area contributed by atoms with Gasteiger partial charge in [0.1, 0.15) is 0 Å². The Morgan fingerprint density at radius 2 is 1.90 bits per heavy atom. The normalized spacial score (nSPS) is 16.3. The number of nitrogens with one attached hydrogen (secondary N) is 1. The van der Waals surface area contributed by atoms with E-state index in [0.29, 0.717) is 26.2 Å². The molecule has 110 valence electrons. The number of rotatable bonds is 2. The van der Waals surface area contributed by atoms with Crippen molar-refractivity contribution in [1.82, 2.24) is 5.32 Å². The molecule has 0 saturated carbocycles. The van der Waals surface area contributed by atoms with E-state index in [1.807, 2.05) is 0 Å². The van der Waals surface area contributed by atoms with Crippen LogP contribution in [0.25, 0.3) is 0 Å². The minimum absolute atomic E-state index is 0.0569. The fourth-order valence-corrected chi connectivity index (χ4v) is 2.46. The molecular weight excluding hydrogens is 273 g/mol. The quantitative estimate of drug-likeness (QED) is 0.875. The summed E-state index contributed by atoms with van der Waals surface area (Å²) in [7, 11) is 0. The fourth-order valence-electron chi connectivity index (χ4n) is 2.46. The number of carboxylic acids is 1. The molecule has 0 bridgehead atoms. The van der Waals surface area contributed by atoms with Crippen LogP contribution in [0.1, 0.15) is 21.5 Å². The molecular formula is C13H15F3N2O2. The molecule has 0 amide bonds. The Morgan fingerprint density at radius 3 is 2.40 bits per heavy atom. The number of halogens is 3. The summed E-state index contributed by atoms with van der Waals surface area (Å²) in [5.74, 6) is -1.35. The van der Waals surface area contributed by atoms with Gasteiger partial charge in [-0.3, -0.25) is 0 Å². The van der Waals surface area contributed by atoms with Crippen LogP contribution >= 0.6 is 0 Å². The first kappa shape index (κ1) is 14.6. The predicted molar refractivity (Wildman–Crippen MR) is 68.2 cm³/mol. The number of carbonyl (C=O) groups is 1. The summed E-state index contributed by atoms with van der Waals surface area (Å²) >= 11 is 0. The van der Waals surface area contributed by atoms with E-state index >= 15 is 0 Å². The van der Waals surface area contributed by atoms with Gasteiger partial charge in [0.25, 0.3) is 0 Å². The average molecular weight is 288 g/mol. The van der Waals surface area contributed by atoms with Crippen molar-refractivity contribution in [3.63, 3.8) is 0 Å². The van der Waals surface area contributed by atoms with Gasteiger partial charge in [-0.1, -0.05) is 0 Å². The van der Waals surface area contributed by atoms with E-state index < -0.39 is 17.7 Å². The van der Waals surface area contributed by atoms with Crippen LogP contribution in [0.5, 0.6) is 0 Å². The smallest absolute Gasteiger partial charge is 0.418 e. The van der Waals surface area contributed by atoms with Crippen LogP contribution < -0.4 is 10.2 Å². The van der Waals surface area contributed by atoms with Crippen molar-refractivity contribution in [1.29, 1.82) is 0 Å². The predicted octanol–water partition coefficient (Wildman–Crippen LogP) is 2.12. The molecule has 0 aromatic heterocycles. The Balaban J connectivity index is 2.56. The molecule has 7 heteroatoms. The van der Waals surface area contributed by atoms with E-state index in [4.69, 9.17) is 5.11 Å². The molecule has 1 aromatic rings. The van der Waals surface area contributed by atoms with Gasteiger partial charge in [-0.15, -0.1) is 0 Å². The maximum atomic E-state index is 13.3. The first-order valence-corrected chi connectivity index (χ1v) is 6.22. The molecule has 1 aliphatic heterocycles. The van der Waals surface area contributed by atoms with Crippen molar-refractivity contribution in [2.24, 2.45) is 0 Å². The summed E-state index contributed by atoms with van der Waals surface area (Å²) in [5, 5.41) is 12.0. The molecule has 2 rings (SSSR count). The topological polar surface area (TPSA) is 52.6 Å². The number of nitrogens with zero attached hydrogens (tertiary/aromatic N) is 1. The van der Waals surface area contributed by atoms with E-state index in [-0.39, 0.29) is 16.8 Å². The molecule has 0 spiro atoms. The highest BCUT2D eigenvalue weighted by atomic mass is 19.4. The maximum absolute atomic E-state index is 13.3. The molecule has 0 unspecified atom stereocenters. The molecule has 0 atom stereocenters. The second-order valence-corrected chi connectivity index (χ2v) is 4.67. The van der Waals surface area contributed by atoms with E-state index in [9.17, 15) is 18.0 Å². The van der Waals surface area contributed by atoms with Crippen LogP contribution in [-0.4, -0.2) is 37.3 Å². The Bertz CT molecular complexity index is 523. The van der Waals surface area contributed by atoms with Crippen LogP contribution in [-0.2, 0) is 6.18 Å². The van der Waals surface area contributed by atoms with Crippen LogP contribution in [0.15, 0.2) is 12.1 Å². The van der Waals surface area contributed by atoms with Gasteiger partial charge < -0.3 is 15.3 Å². The van der Waals surface area contributed by atoms with Gasteiger partial charge in [-0.25, -0.2) is 4.79 Å². The van der Waals surface area contributed by atoms with E-state index in [2.05, 4.69) is 5.32 Å². The lowest BCUT2D eigenvalue weighted by molar-refractivity contribution is -0.137. The van der Waals surface area contributed by atoms with E-state index in [1.54, 1.807) is 4.90 Å². The van der Waals surface area contributed by atoms with Gasteiger partial charge in [0.05, 0.1) is 11.1 Å². The third-order valence-corrected chi connectivity index (χ3v) is 3.41. The summed E-state index contributed by atoms with van der Waals surface area (Å²) in [6.45, 7) is 3.36. The van der Waals surface area contributed by atoms with E-state index in [0.717, 1.165) is 0 Å². The molecule has 0 aliphatic carbocycles. The van der Waals surface area contributed by atoms with Crippen LogP contribution in [0.4, 0.5) is 18.9 Å². The molecule has 2 N–H and O–H groups in total. The molecule has 1 saturated heterocycles. The second-order valence-electron chi connectivity index (χ2n) is 4.67. The monoisotopic (exact) mass is 288 g/mol. The highest BCUT2D eigenvalue weighted by Crippen LogP contribution is 2.40. The lowest BCUT2D eigenvalue weighted by Crippen LogP contribution is -2.44. The Kier molecular flexibility index (Phi) is 3.89. The molecule has 4 nitrogen and oxygen atoms in total. The van der Waals surface area contributed by atoms with Crippen molar-refractivity contribution < 1.29 is 23.1 Å². The largest absolute Gasteiger partial charge is 0.478 e. The van der Waals surface area contributed by atoms with Gasteiger partial charge in [-0.2, -0.15) is 13.2 Å². The third-order valence-electron chi connectivity index (χ3n) is 3.41. The van der Waals surface area contributed by atoms with Crippen molar-refractivity contribution in [3.05, 3.63) is 28.8 Å². The average Bonchev–Trinajstić information content (AvgIpc) is 2.37. The second kappa shape index (κ2) is 5.32. The summed E-state index contributed by atoms with van der Waals surface area (Å²) in [6.07, 6.45) is -4.57. The van der Waals surface area contributed by atoms with Gasteiger partial charge in [0.2, 0.25) is 0 Å². The SMILES string of the molecule is Cc1c(C(=O)O)ccc(N2CCNCC2)c1C(F)(F)F. The van der Waals surface area contributed by atoms with Crippen LogP contribution in [0.3, 0.4) is 0 Å². The molecule has 0 radical (unpaired) electrons. The maximum Gasteiger partial charge on any atom is 0.418 e. The fraction of sp³-hybridized carbons (Fsp3) is 0.462. The Morgan fingerprint density at radius 1 is 1.30 bits per heavy atom. The number of piperazine rings is 1. The number of benzene rings is 1. The number of anilines is 1. The molecule has 1 aromatic carbocycles. The zero-order valence-electron chi connectivity index (χ0n) is 10.9. The summed E-state index contributed by atoms with van der Waals surface area (Å²) in [6, 6.07) is 2.49. The van der Waals surface area contributed by atoms with Crippen LogP contribution in [0, 0.1) is 6.92 Å². The standard InChI is InChI=1S/C13H15F3N2O2/c1-8-9(12(19)20)2-3-10(11(8)13(14,15)16)18-6-4-17-5-7-18/h2-3,17H,4-7H2,1H3,(H,19,20). The van der Waals surface area contributed by atoms with Crippen molar-refractivity contribution >= 4 is 11.7 Å². The molecule has 20 heavy (non-hydrogen) atoms. The number of hydrogen-bond donors (Lipinski definition) is 2. The number of carboxylic acid groups (broad SMARTS) is 1. The van der Waals surface area contributed by atoms with Gasteiger partial charge in [0.15, 0.2) is 0 Å². The zero-order valence-corrected chi connectivity index (χ0v) is 10.9. The minimum Gasteiger partial charge on any atom is -0.478 e. The van der Waals surface area contributed by atoms with Crippen LogP contribution in [0.2, 0.25) is 0 Å². The van der Waals surface area contributed by atoms with Gasteiger partial charge in [0, 0.05) is 31.9 Å². The van der Waals surface area contributed by atoms with Gasteiger partial charge in [-0.05, 0) is 24.6 Å². The lowest BCUT2D eigenvalue weighted by atomic mass is 9.98. The van der Waals surface area contributed by atoms with Crippen molar-refractivity contribution in [2.75, 3.05) is 31.1 Å². The summed E-state index contributed by atoms with van der Waals surface area (Å²) < 4.78 is 39.8. The summed E-state index contributed by atoms with van der Waals surface area (Å²) in [4.78, 5) is 12.6. The van der Waals surface area contributed by atoms with E-state index in [1.165, 1.54) is 19.1 Å². The lowest BCUT2D eigenvalue weighted by Gasteiger charge is -2.32. The zero-order chi connectivity index (χ0) is 14.9. The number of alkyl halides is 3.